The molecule has 21 heavy (non-hydrogen) atoms. The van der Waals surface area contributed by atoms with Crippen molar-refractivity contribution < 1.29 is 37.8 Å². The third-order valence-electron chi connectivity index (χ3n) is 6.33. The largest absolute Gasteiger partial charge is 0.393 e. The van der Waals surface area contributed by atoms with Gasteiger partial charge in [-0.15, -0.1) is 6.08 Å². The van der Waals surface area contributed by atoms with Crippen LogP contribution in [0.1, 0.15) is 65.2 Å². The molecule has 0 spiro atoms. The maximum atomic E-state index is 9.76. The Bertz CT molecular complexity index is 425. The van der Waals surface area contributed by atoms with E-state index < -0.39 is 0 Å². The molecule has 1 nitrogen and oxygen atoms in total. The van der Waals surface area contributed by atoms with Crippen LogP contribution < -0.4 is 0 Å². The van der Waals surface area contributed by atoms with Gasteiger partial charge in [0.15, 0.2) is 0 Å². The monoisotopic (exact) mass is 362 g/mol. The van der Waals surface area contributed by atoms with E-state index in [1.165, 1.54) is 37.7 Å². The van der Waals surface area contributed by atoms with Gasteiger partial charge >= 0.3 is 0 Å². The molecule has 3 aliphatic rings. The van der Waals surface area contributed by atoms with Crippen LogP contribution in [-0.2, 0) is 32.7 Å². The van der Waals surface area contributed by atoms with Crippen molar-refractivity contribution in [3.05, 3.63) is 29.7 Å². The van der Waals surface area contributed by atoms with Gasteiger partial charge in [0.05, 0.1) is 6.10 Å². The standard InChI is InChI=1S/C19H29O.Y/c1-14-8-11-18-16(6-4-12-19(14,18)2)10-9-15-5-3-7-17(20)13-15;/h5,9-10,14,17-18,20H,3-4,6-8,11-13H2,1-2H3;/q-1;/b15-9+,16-10+;/t14?,17-,18?,19?;/m0./s1. The molecule has 1 N–H and O–H groups in total. The Hall–Kier alpha value is 0.414. The number of aliphatic hydroxyl groups is 1. The molecule has 1 radical (unpaired) electrons. The van der Waals surface area contributed by atoms with Gasteiger partial charge in [-0.05, 0) is 62.2 Å². The fourth-order valence-electron chi connectivity index (χ4n) is 4.77. The van der Waals surface area contributed by atoms with E-state index in [2.05, 4.69) is 32.4 Å². The van der Waals surface area contributed by atoms with Crippen molar-refractivity contribution in [1.29, 1.82) is 0 Å². The molecule has 0 bridgehead atoms. The quantitative estimate of drug-likeness (QED) is 0.663. The maximum absolute atomic E-state index is 9.76. The van der Waals surface area contributed by atoms with E-state index in [1.807, 2.05) is 0 Å². The predicted octanol–water partition coefficient (Wildman–Crippen LogP) is 4.82. The van der Waals surface area contributed by atoms with Gasteiger partial charge in [-0.25, -0.2) is 18.1 Å². The summed E-state index contributed by atoms with van der Waals surface area (Å²) in [4.78, 5) is 0. The fraction of sp³-hybridized carbons (Fsp3) is 0.737. The van der Waals surface area contributed by atoms with Gasteiger partial charge in [-0.3, -0.25) is 0 Å². The summed E-state index contributed by atoms with van der Waals surface area (Å²) in [5.41, 5.74) is 3.58. The molecule has 0 aromatic heterocycles. The Morgan fingerprint density at radius 2 is 2.05 bits per heavy atom. The summed E-state index contributed by atoms with van der Waals surface area (Å²) in [7, 11) is 0. The summed E-state index contributed by atoms with van der Waals surface area (Å²) >= 11 is 0. The van der Waals surface area contributed by atoms with E-state index in [9.17, 15) is 5.11 Å². The average Bonchev–Trinajstić information content (AvgIpc) is 2.73. The summed E-state index contributed by atoms with van der Waals surface area (Å²) in [6.45, 7) is 4.97. The number of allylic oxidation sites excluding steroid dienone is 3. The minimum atomic E-state index is -0.118. The molecule has 115 valence electrons. The smallest absolute Gasteiger partial charge is 0.0540 e. The zero-order valence-electron chi connectivity index (χ0n) is 13.6. The summed E-state index contributed by atoms with van der Waals surface area (Å²) in [6, 6.07) is 0. The van der Waals surface area contributed by atoms with Crippen LogP contribution in [0.3, 0.4) is 0 Å². The van der Waals surface area contributed by atoms with E-state index in [0.717, 1.165) is 31.1 Å². The second kappa shape index (κ2) is 7.32. The minimum absolute atomic E-state index is 0. The third kappa shape index (κ3) is 3.67. The molecule has 0 aliphatic heterocycles. The Morgan fingerprint density at radius 1 is 1.24 bits per heavy atom. The number of rotatable bonds is 1. The van der Waals surface area contributed by atoms with Gasteiger partial charge in [-0.2, -0.15) is 0 Å². The molecule has 0 aromatic carbocycles. The third-order valence-corrected chi connectivity index (χ3v) is 6.33. The first-order chi connectivity index (χ1) is 9.59. The summed E-state index contributed by atoms with van der Waals surface area (Å²) in [6.07, 6.45) is 16.6. The summed E-state index contributed by atoms with van der Waals surface area (Å²) in [5.74, 6) is 1.70. The summed E-state index contributed by atoms with van der Waals surface area (Å²) in [5, 5.41) is 9.76. The Morgan fingerprint density at radius 3 is 2.81 bits per heavy atom. The molecule has 3 fully saturated rings. The van der Waals surface area contributed by atoms with Gasteiger partial charge in [0.1, 0.15) is 0 Å². The van der Waals surface area contributed by atoms with Crippen molar-refractivity contribution in [2.45, 2.75) is 71.3 Å². The second-order valence-electron chi connectivity index (χ2n) is 7.51. The van der Waals surface area contributed by atoms with Crippen LogP contribution in [0, 0.1) is 23.7 Å². The van der Waals surface area contributed by atoms with Crippen molar-refractivity contribution in [3.63, 3.8) is 0 Å². The van der Waals surface area contributed by atoms with Crippen molar-refractivity contribution in [2.75, 3.05) is 0 Å². The first-order valence-corrected chi connectivity index (χ1v) is 8.50. The van der Waals surface area contributed by atoms with E-state index in [-0.39, 0.29) is 38.8 Å². The minimum Gasteiger partial charge on any atom is -0.393 e. The normalized spacial score (nSPS) is 43.3. The Labute approximate surface area is 155 Å². The van der Waals surface area contributed by atoms with E-state index in [0.29, 0.717) is 5.41 Å². The van der Waals surface area contributed by atoms with Crippen LogP contribution in [0.2, 0.25) is 0 Å². The van der Waals surface area contributed by atoms with Crippen LogP contribution in [0.4, 0.5) is 0 Å². The van der Waals surface area contributed by atoms with Gasteiger partial charge in [0, 0.05) is 32.7 Å². The van der Waals surface area contributed by atoms with Crippen LogP contribution in [0.5, 0.6) is 0 Å². The fourth-order valence-corrected chi connectivity index (χ4v) is 4.77. The molecule has 0 aromatic rings. The Kier molecular flexibility index (Phi) is 6.19. The first kappa shape index (κ1) is 17.8. The van der Waals surface area contributed by atoms with Crippen molar-refractivity contribution in [3.8, 4) is 0 Å². The second-order valence-corrected chi connectivity index (χ2v) is 7.51. The van der Waals surface area contributed by atoms with Crippen molar-refractivity contribution in [2.24, 2.45) is 17.3 Å². The van der Waals surface area contributed by atoms with E-state index in [4.69, 9.17) is 0 Å². The molecule has 3 unspecified atom stereocenters. The maximum Gasteiger partial charge on any atom is 0.0540 e. The molecular formula is C19H29OY-. The topological polar surface area (TPSA) is 20.2 Å². The molecule has 0 amide bonds. The van der Waals surface area contributed by atoms with Gasteiger partial charge in [-0.1, -0.05) is 25.8 Å². The molecular weight excluding hydrogens is 333 g/mol. The molecule has 3 aliphatic carbocycles. The number of hydrogen-bond donors (Lipinski definition) is 1. The van der Waals surface area contributed by atoms with Crippen molar-refractivity contribution in [1.82, 2.24) is 0 Å². The SMILES string of the molecule is CC1CCC2/C(=C/C=C3\[CH-]CC[C@H](O)C3)CCCC12C.[Y]. The zero-order valence-corrected chi connectivity index (χ0v) is 16.5. The van der Waals surface area contributed by atoms with Crippen LogP contribution in [-0.4, -0.2) is 11.2 Å². The molecule has 3 saturated carbocycles. The average molecular weight is 362 g/mol. The van der Waals surface area contributed by atoms with Crippen LogP contribution >= 0.6 is 0 Å². The van der Waals surface area contributed by atoms with Crippen molar-refractivity contribution >= 4 is 0 Å². The van der Waals surface area contributed by atoms with Crippen LogP contribution in [0.25, 0.3) is 0 Å². The first-order valence-electron chi connectivity index (χ1n) is 8.50. The molecule has 0 saturated heterocycles. The number of aliphatic hydroxyl groups excluding tert-OH is 1. The zero-order chi connectivity index (χ0) is 14.2. The van der Waals surface area contributed by atoms with Crippen LogP contribution in [0.15, 0.2) is 23.3 Å². The number of hydrogen-bond acceptors (Lipinski definition) is 1. The molecule has 3 rings (SSSR count). The molecule has 0 heterocycles. The number of fused-ring (bicyclic) bond motifs is 1. The summed E-state index contributed by atoms with van der Waals surface area (Å²) < 4.78 is 0. The Balaban J connectivity index is 0.00000161. The molecule has 4 atom stereocenters. The van der Waals surface area contributed by atoms with Gasteiger partial charge in [0.25, 0.3) is 0 Å². The predicted molar refractivity (Wildman–Crippen MR) is 84.2 cm³/mol. The van der Waals surface area contributed by atoms with Gasteiger partial charge < -0.3 is 5.11 Å². The molecule has 2 heteroatoms. The van der Waals surface area contributed by atoms with E-state index in [1.54, 1.807) is 5.57 Å². The van der Waals surface area contributed by atoms with Gasteiger partial charge in [0.2, 0.25) is 0 Å². The van der Waals surface area contributed by atoms with E-state index >= 15 is 0 Å².